The Morgan fingerprint density at radius 3 is 2.65 bits per heavy atom. The van der Waals surface area contributed by atoms with Gasteiger partial charge in [0.15, 0.2) is 0 Å². The fourth-order valence-corrected chi connectivity index (χ4v) is 2.80. The molecule has 1 aromatic carbocycles. The van der Waals surface area contributed by atoms with E-state index < -0.39 is 0 Å². The number of amides is 1. The van der Waals surface area contributed by atoms with Gasteiger partial charge in [0, 0.05) is 5.69 Å². The summed E-state index contributed by atoms with van der Waals surface area (Å²) in [5, 5.41) is 6.42. The van der Waals surface area contributed by atoms with Gasteiger partial charge in [0.25, 0.3) is 0 Å². The molecule has 4 nitrogen and oxygen atoms in total. The van der Waals surface area contributed by atoms with Crippen molar-refractivity contribution in [3.63, 3.8) is 0 Å². The number of methoxy groups -OCH3 is 1. The maximum Gasteiger partial charge on any atom is 0.230 e. The van der Waals surface area contributed by atoms with E-state index >= 15 is 0 Å². The molecule has 0 unspecified atom stereocenters. The molecule has 0 atom stereocenters. The summed E-state index contributed by atoms with van der Waals surface area (Å²) in [6.07, 6.45) is 2.70. The molecule has 0 aliphatic carbocycles. The molecular weight excluding hydrogens is 252 g/mol. The van der Waals surface area contributed by atoms with Crippen molar-refractivity contribution in [1.29, 1.82) is 0 Å². The molecule has 2 N–H and O–H groups in total. The predicted octanol–water partition coefficient (Wildman–Crippen LogP) is 2.72. The van der Waals surface area contributed by atoms with Crippen LogP contribution in [0.4, 0.5) is 5.69 Å². The van der Waals surface area contributed by atoms with Crippen LogP contribution >= 0.6 is 0 Å². The summed E-state index contributed by atoms with van der Waals surface area (Å²) in [4.78, 5) is 12.7. The van der Waals surface area contributed by atoms with Crippen molar-refractivity contribution in [3.8, 4) is 5.75 Å². The van der Waals surface area contributed by atoms with Crippen LogP contribution in [0, 0.1) is 12.3 Å². The summed E-state index contributed by atoms with van der Waals surface area (Å²) < 4.78 is 5.19. The van der Waals surface area contributed by atoms with Crippen LogP contribution in [0.15, 0.2) is 18.2 Å². The van der Waals surface area contributed by atoms with E-state index in [-0.39, 0.29) is 11.3 Å². The van der Waals surface area contributed by atoms with Crippen molar-refractivity contribution in [2.45, 2.75) is 33.1 Å². The number of ether oxygens (including phenoxy) is 1. The molecule has 2 rings (SSSR count). The fraction of sp³-hybridized carbons (Fsp3) is 0.562. The lowest BCUT2D eigenvalue weighted by molar-refractivity contribution is -0.127. The van der Waals surface area contributed by atoms with Gasteiger partial charge in [0.1, 0.15) is 5.75 Å². The first kappa shape index (κ1) is 14.9. The van der Waals surface area contributed by atoms with Crippen molar-refractivity contribution in [2.75, 3.05) is 25.5 Å². The highest BCUT2D eigenvalue weighted by Crippen LogP contribution is 2.34. The SMILES string of the molecule is CCC1(C(=O)Nc2ccc(OC)cc2C)CCNCC1. The second kappa shape index (κ2) is 6.27. The van der Waals surface area contributed by atoms with Crippen LogP contribution in [0.2, 0.25) is 0 Å². The Balaban J connectivity index is 2.14. The molecule has 20 heavy (non-hydrogen) atoms. The van der Waals surface area contributed by atoms with Gasteiger partial charge in [-0.2, -0.15) is 0 Å². The van der Waals surface area contributed by atoms with Crippen LogP contribution < -0.4 is 15.4 Å². The number of carbonyl (C=O) groups is 1. The summed E-state index contributed by atoms with van der Waals surface area (Å²) in [6.45, 7) is 5.93. The van der Waals surface area contributed by atoms with Crippen LogP contribution in [0.1, 0.15) is 31.7 Å². The zero-order valence-electron chi connectivity index (χ0n) is 12.6. The third kappa shape index (κ3) is 2.96. The first-order chi connectivity index (χ1) is 9.61. The van der Waals surface area contributed by atoms with Crippen molar-refractivity contribution in [2.24, 2.45) is 5.41 Å². The number of anilines is 1. The number of aryl methyl sites for hydroxylation is 1. The highest BCUT2D eigenvalue weighted by molar-refractivity contribution is 5.96. The molecule has 1 aromatic rings. The van der Waals surface area contributed by atoms with E-state index in [0.717, 1.165) is 49.4 Å². The lowest BCUT2D eigenvalue weighted by Gasteiger charge is -2.35. The first-order valence-corrected chi connectivity index (χ1v) is 7.28. The van der Waals surface area contributed by atoms with Crippen molar-refractivity contribution in [3.05, 3.63) is 23.8 Å². The number of hydrogen-bond acceptors (Lipinski definition) is 3. The third-order valence-corrected chi connectivity index (χ3v) is 4.40. The highest BCUT2D eigenvalue weighted by Gasteiger charge is 2.37. The summed E-state index contributed by atoms with van der Waals surface area (Å²) in [6, 6.07) is 5.73. The molecule has 1 fully saturated rings. The van der Waals surface area contributed by atoms with E-state index in [0.29, 0.717) is 0 Å². The summed E-state index contributed by atoms with van der Waals surface area (Å²) in [5.41, 5.74) is 1.68. The summed E-state index contributed by atoms with van der Waals surface area (Å²) in [7, 11) is 1.65. The van der Waals surface area contributed by atoms with Crippen molar-refractivity contribution < 1.29 is 9.53 Å². The molecule has 1 saturated heterocycles. The molecule has 1 aliphatic rings. The number of nitrogens with one attached hydrogen (secondary N) is 2. The Morgan fingerprint density at radius 2 is 2.10 bits per heavy atom. The zero-order chi connectivity index (χ0) is 14.6. The molecular formula is C16H24N2O2. The largest absolute Gasteiger partial charge is 0.497 e. The number of carbonyl (C=O) groups excluding carboxylic acids is 1. The first-order valence-electron chi connectivity index (χ1n) is 7.28. The van der Waals surface area contributed by atoms with Crippen molar-refractivity contribution in [1.82, 2.24) is 5.32 Å². The van der Waals surface area contributed by atoms with Gasteiger partial charge in [-0.05, 0) is 63.0 Å². The molecule has 0 radical (unpaired) electrons. The Morgan fingerprint density at radius 1 is 1.40 bits per heavy atom. The van der Waals surface area contributed by atoms with Gasteiger partial charge in [-0.3, -0.25) is 4.79 Å². The molecule has 1 heterocycles. The van der Waals surface area contributed by atoms with Crippen LogP contribution in [0.3, 0.4) is 0 Å². The van der Waals surface area contributed by atoms with Gasteiger partial charge >= 0.3 is 0 Å². The molecule has 1 aliphatic heterocycles. The lowest BCUT2D eigenvalue weighted by Crippen LogP contribution is -2.44. The van der Waals surface area contributed by atoms with Crippen LogP contribution in [0.25, 0.3) is 0 Å². The quantitative estimate of drug-likeness (QED) is 0.889. The fourth-order valence-electron chi connectivity index (χ4n) is 2.80. The molecule has 1 amide bonds. The van der Waals surface area contributed by atoms with E-state index in [2.05, 4.69) is 17.6 Å². The number of hydrogen-bond donors (Lipinski definition) is 2. The highest BCUT2D eigenvalue weighted by atomic mass is 16.5. The predicted molar refractivity (Wildman–Crippen MR) is 81.2 cm³/mol. The van der Waals surface area contributed by atoms with Gasteiger partial charge in [0.2, 0.25) is 5.91 Å². The smallest absolute Gasteiger partial charge is 0.230 e. The second-order valence-electron chi connectivity index (χ2n) is 5.52. The monoisotopic (exact) mass is 276 g/mol. The molecule has 0 bridgehead atoms. The topological polar surface area (TPSA) is 50.4 Å². The van der Waals surface area contributed by atoms with Gasteiger partial charge < -0.3 is 15.4 Å². The number of rotatable bonds is 4. The number of benzene rings is 1. The summed E-state index contributed by atoms with van der Waals surface area (Å²) in [5.74, 6) is 0.960. The normalized spacial score (nSPS) is 17.6. The van der Waals surface area contributed by atoms with E-state index in [1.807, 2.05) is 25.1 Å². The van der Waals surface area contributed by atoms with Crippen LogP contribution in [-0.4, -0.2) is 26.1 Å². The minimum atomic E-state index is -0.225. The minimum absolute atomic E-state index is 0.148. The Hall–Kier alpha value is -1.55. The number of piperidine rings is 1. The maximum atomic E-state index is 12.7. The van der Waals surface area contributed by atoms with Crippen molar-refractivity contribution >= 4 is 11.6 Å². The molecule has 110 valence electrons. The molecule has 4 heteroatoms. The maximum absolute atomic E-state index is 12.7. The van der Waals surface area contributed by atoms with Crippen LogP contribution in [0.5, 0.6) is 5.75 Å². The minimum Gasteiger partial charge on any atom is -0.497 e. The average molecular weight is 276 g/mol. The third-order valence-electron chi connectivity index (χ3n) is 4.40. The van der Waals surface area contributed by atoms with E-state index in [9.17, 15) is 4.79 Å². The van der Waals surface area contributed by atoms with E-state index in [1.165, 1.54) is 0 Å². The Bertz CT molecular complexity index is 479. The Labute approximate surface area is 120 Å². The standard InChI is InChI=1S/C16H24N2O2/c1-4-16(7-9-17-10-8-16)15(19)18-14-6-5-13(20-3)11-12(14)2/h5-6,11,17H,4,7-10H2,1-3H3,(H,18,19). The second-order valence-corrected chi connectivity index (χ2v) is 5.52. The zero-order valence-corrected chi connectivity index (χ0v) is 12.6. The molecule has 0 spiro atoms. The molecule has 0 aromatic heterocycles. The van der Waals surface area contributed by atoms with Crippen LogP contribution in [-0.2, 0) is 4.79 Å². The van der Waals surface area contributed by atoms with E-state index in [4.69, 9.17) is 4.74 Å². The van der Waals surface area contributed by atoms with E-state index in [1.54, 1.807) is 7.11 Å². The van der Waals surface area contributed by atoms with Gasteiger partial charge in [-0.1, -0.05) is 6.92 Å². The summed E-state index contributed by atoms with van der Waals surface area (Å²) >= 11 is 0. The lowest BCUT2D eigenvalue weighted by atomic mass is 9.76. The Kier molecular flexibility index (Phi) is 4.65. The average Bonchev–Trinajstić information content (AvgIpc) is 2.49. The molecule has 0 saturated carbocycles. The van der Waals surface area contributed by atoms with Gasteiger partial charge in [-0.25, -0.2) is 0 Å². The van der Waals surface area contributed by atoms with Gasteiger partial charge in [0.05, 0.1) is 12.5 Å². The van der Waals surface area contributed by atoms with Gasteiger partial charge in [-0.15, -0.1) is 0 Å².